The van der Waals surface area contributed by atoms with Crippen LogP contribution in [-0.2, 0) is 0 Å². The number of phenols is 1. The maximum Gasteiger partial charge on any atom is 0.198 e. The zero-order valence-corrected chi connectivity index (χ0v) is 9.88. The van der Waals surface area contributed by atoms with Gasteiger partial charge in [0, 0.05) is 11.3 Å². The van der Waals surface area contributed by atoms with Crippen molar-refractivity contribution in [1.82, 2.24) is 0 Å². The Labute approximate surface area is 105 Å². The summed E-state index contributed by atoms with van der Waals surface area (Å²) in [5.41, 5.74) is 6.75. The van der Waals surface area contributed by atoms with Crippen molar-refractivity contribution in [2.45, 2.75) is 0 Å². The van der Waals surface area contributed by atoms with E-state index in [2.05, 4.69) is 0 Å². The Kier molecular flexibility index (Phi) is 3.19. The van der Waals surface area contributed by atoms with Crippen molar-refractivity contribution in [3.05, 3.63) is 53.6 Å². The molecule has 0 saturated heterocycles. The fourth-order valence-electron chi connectivity index (χ4n) is 1.72. The second-order valence-corrected chi connectivity index (χ2v) is 3.80. The summed E-state index contributed by atoms with van der Waals surface area (Å²) in [5.74, 6) is 0.202. The van der Waals surface area contributed by atoms with Crippen LogP contribution in [0, 0.1) is 0 Å². The van der Waals surface area contributed by atoms with Gasteiger partial charge in [-0.05, 0) is 30.3 Å². The van der Waals surface area contributed by atoms with Gasteiger partial charge in [-0.1, -0.05) is 12.1 Å². The van der Waals surface area contributed by atoms with E-state index in [1.54, 1.807) is 24.3 Å². The first-order valence-corrected chi connectivity index (χ1v) is 5.39. The Morgan fingerprint density at radius 2 is 1.89 bits per heavy atom. The van der Waals surface area contributed by atoms with E-state index in [1.807, 2.05) is 0 Å². The Morgan fingerprint density at radius 1 is 1.17 bits per heavy atom. The van der Waals surface area contributed by atoms with Gasteiger partial charge < -0.3 is 15.6 Å². The average Bonchev–Trinajstić information content (AvgIpc) is 2.40. The number of ketones is 1. The summed E-state index contributed by atoms with van der Waals surface area (Å²) in [6, 6.07) is 11.2. The molecular formula is C14H13NO3. The summed E-state index contributed by atoms with van der Waals surface area (Å²) in [5, 5.41) is 9.42. The van der Waals surface area contributed by atoms with Crippen molar-refractivity contribution >= 4 is 11.5 Å². The van der Waals surface area contributed by atoms with Gasteiger partial charge in [-0.15, -0.1) is 0 Å². The van der Waals surface area contributed by atoms with Crippen LogP contribution < -0.4 is 10.5 Å². The molecule has 2 aromatic carbocycles. The Balaban J connectivity index is 2.51. The van der Waals surface area contributed by atoms with Gasteiger partial charge in [0.2, 0.25) is 0 Å². The highest BCUT2D eigenvalue weighted by molar-refractivity contribution is 6.13. The molecule has 0 heterocycles. The van der Waals surface area contributed by atoms with E-state index in [0.29, 0.717) is 17.0 Å². The monoisotopic (exact) mass is 243 g/mol. The fraction of sp³-hybridized carbons (Fsp3) is 0.0714. The maximum atomic E-state index is 12.3. The highest BCUT2D eigenvalue weighted by atomic mass is 16.5. The molecule has 0 unspecified atom stereocenters. The zero-order chi connectivity index (χ0) is 13.1. The van der Waals surface area contributed by atoms with Crippen LogP contribution in [0.2, 0.25) is 0 Å². The lowest BCUT2D eigenvalue weighted by molar-refractivity contribution is 0.103. The van der Waals surface area contributed by atoms with E-state index >= 15 is 0 Å². The van der Waals surface area contributed by atoms with Crippen LogP contribution in [0.15, 0.2) is 42.5 Å². The van der Waals surface area contributed by atoms with Crippen molar-refractivity contribution in [1.29, 1.82) is 0 Å². The number of carbonyl (C=O) groups is 1. The molecule has 0 saturated carbocycles. The number of benzene rings is 2. The van der Waals surface area contributed by atoms with Gasteiger partial charge in [0.25, 0.3) is 0 Å². The lowest BCUT2D eigenvalue weighted by Crippen LogP contribution is -2.06. The molecule has 0 aliphatic carbocycles. The molecule has 0 bridgehead atoms. The van der Waals surface area contributed by atoms with Crippen LogP contribution >= 0.6 is 0 Å². The minimum Gasteiger partial charge on any atom is -0.508 e. The second kappa shape index (κ2) is 4.79. The molecule has 3 N–H and O–H groups in total. The molecular weight excluding hydrogens is 230 g/mol. The predicted octanol–water partition coefficient (Wildman–Crippen LogP) is 2.21. The Bertz CT molecular complexity index is 593. The number of anilines is 1. The number of nitrogens with two attached hydrogens (primary N) is 1. The second-order valence-electron chi connectivity index (χ2n) is 3.80. The number of para-hydroxylation sites is 1. The minimum atomic E-state index is -0.277. The molecule has 4 nitrogen and oxygen atoms in total. The lowest BCUT2D eigenvalue weighted by atomic mass is 10.0. The maximum absolute atomic E-state index is 12.3. The third kappa shape index (κ3) is 2.13. The SMILES string of the molecule is COc1ccccc1C(=O)c1cc(O)ccc1N. The van der Waals surface area contributed by atoms with E-state index in [9.17, 15) is 9.90 Å². The minimum absolute atomic E-state index is 0.00227. The van der Waals surface area contributed by atoms with Gasteiger partial charge in [0.15, 0.2) is 5.78 Å². The van der Waals surface area contributed by atoms with E-state index in [4.69, 9.17) is 10.5 Å². The number of phenolic OH excluding ortho intramolecular Hbond substituents is 1. The molecule has 0 amide bonds. The van der Waals surface area contributed by atoms with Crippen LogP contribution in [0.3, 0.4) is 0 Å². The number of rotatable bonds is 3. The molecule has 2 aromatic rings. The average molecular weight is 243 g/mol. The van der Waals surface area contributed by atoms with Crippen LogP contribution in [-0.4, -0.2) is 18.0 Å². The summed E-state index contributed by atoms with van der Waals surface area (Å²) in [6.07, 6.45) is 0. The fourth-order valence-corrected chi connectivity index (χ4v) is 1.72. The molecule has 0 aliphatic rings. The zero-order valence-electron chi connectivity index (χ0n) is 9.88. The molecule has 0 spiro atoms. The standard InChI is InChI=1S/C14H13NO3/c1-18-13-5-3-2-4-10(13)14(17)11-8-9(16)6-7-12(11)15/h2-8,16H,15H2,1H3. The number of aromatic hydroxyl groups is 1. The normalized spacial score (nSPS) is 10.1. The van der Waals surface area contributed by atoms with Gasteiger partial charge in [0.05, 0.1) is 12.7 Å². The lowest BCUT2D eigenvalue weighted by Gasteiger charge is -2.09. The molecule has 0 fully saturated rings. The summed E-state index contributed by atoms with van der Waals surface area (Å²) in [4.78, 5) is 12.3. The van der Waals surface area contributed by atoms with Crippen molar-refractivity contribution in [3.63, 3.8) is 0 Å². The summed E-state index contributed by atoms with van der Waals surface area (Å²) in [6.45, 7) is 0. The Morgan fingerprint density at radius 3 is 2.61 bits per heavy atom. The van der Waals surface area contributed by atoms with Gasteiger partial charge in [-0.3, -0.25) is 4.79 Å². The first-order chi connectivity index (χ1) is 8.63. The topological polar surface area (TPSA) is 72.5 Å². The summed E-state index contributed by atoms with van der Waals surface area (Å²) in [7, 11) is 1.50. The molecule has 4 heteroatoms. The van der Waals surface area contributed by atoms with E-state index in [0.717, 1.165) is 0 Å². The third-order valence-corrected chi connectivity index (χ3v) is 2.63. The van der Waals surface area contributed by atoms with E-state index in [-0.39, 0.29) is 17.1 Å². The van der Waals surface area contributed by atoms with Crippen molar-refractivity contribution in [3.8, 4) is 11.5 Å². The highest BCUT2D eigenvalue weighted by Gasteiger charge is 2.16. The third-order valence-electron chi connectivity index (χ3n) is 2.63. The number of carbonyl (C=O) groups excluding carboxylic acids is 1. The molecule has 92 valence electrons. The number of nitrogen functional groups attached to an aromatic ring is 1. The molecule has 0 atom stereocenters. The molecule has 0 aromatic heterocycles. The summed E-state index contributed by atoms with van der Waals surface area (Å²) < 4.78 is 5.13. The van der Waals surface area contributed by atoms with E-state index in [1.165, 1.54) is 25.3 Å². The first kappa shape index (κ1) is 12.0. The number of hydrogen-bond acceptors (Lipinski definition) is 4. The predicted molar refractivity (Wildman–Crippen MR) is 68.9 cm³/mol. The van der Waals surface area contributed by atoms with Gasteiger partial charge in [-0.2, -0.15) is 0 Å². The van der Waals surface area contributed by atoms with E-state index < -0.39 is 0 Å². The number of ether oxygens (including phenoxy) is 1. The first-order valence-electron chi connectivity index (χ1n) is 5.39. The number of hydrogen-bond donors (Lipinski definition) is 2. The van der Waals surface area contributed by atoms with Crippen LogP contribution in [0.4, 0.5) is 5.69 Å². The molecule has 2 rings (SSSR count). The van der Waals surface area contributed by atoms with Crippen molar-refractivity contribution in [2.75, 3.05) is 12.8 Å². The van der Waals surface area contributed by atoms with Crippen LogP contribution in [0.25, 0.3) is 0 Å². The van der Waals surface area contributed by atoms with Crippen LogP contribution in [0.5, 0.6) is 11.5 Å². The quantitative estimate of drug-likeness (QED) is 0.492. The van der Waals surface area contributed by atoms with Gasteiger partial charge in [0.1, 0.15) is 11.5 Å². The summed E-state index contributed by atoms with van der Waals surface area (Å²) >= 11 is 0. The highest BCUT2D eigenvalue weighted by Crippen LogP contribution is 2.26. The van der Waals surface area contributed by atoms with Gasteiger partial charge >= 0.3 is 0 Å². The van der Waals surface area contributed by atoms with Crippen molar-refractivity contribution < 1.29 is 14.6 Å². The molecule has 18 heavy (non-hydrogen) atoms. The largest absolute Gasteiger partial charge is 0.508 e. The number of methoxy groups -OCH3 is 1. The molecule has 0 radical (unpaired) electrons. The van der Waals surface area contributed by atoms with Crippen molar-refractivity contribution in [2.24, 2.45) is 0 Å². The van der Waals surface area contributed by atoms with Crippen LogP contribution in [0.1, 0.15) is 15.9 Å². The smallest absolute Gasteiger partial charge is 0.198 e. The Hall–Kier alpha value is -2.49. The molecule has 0 aliphatic heterocycles. The van der Waals surface area contributed by atoms with Gasteiger partial charge in [-0.25, -0.2) is 0 Å².